The average Bonchev–Trinajstić information content (AvgIpc) is 2.70. The van der Waals surface area contributed by atoms with Crippen molar-refractivity contribution in [3.05, 3.63) is 65.2 Å². The van der Waals surface area contributed by atoms with Gasteiger partial charge in [-0.25, -0.2) is 8.42 Å². The van der Waals surface area contributed by atoms with E-state index >= 15 is 0 Å². The van der Waals surface area contributed by atoms with Gasteiger partial charge in [0, 0.05) is 13.1 Å². The third-order valence-electron chi connectivity index (χ3n) is 5.53. The van der Waals surface area contributed by atoms with Crippen LogP contribution in [0.25, 0.3) is 0 Å². The van der Waals surface area contributed by atoms with Gasteiger partial charge in [-0.3, -0.25) is 4.79 Å². The van der Waals surface area contributed by atoms with E-state index in [4.69, 9.17) is 0 Å². The van der Waals surface area contributed by atoms with E-state index in [0.717, 1.165) is 5.56 Å². The molecule has 0 unspecified atom stereocenters. The van der Waals surface area contributed by atoms with Crippen LogP contribution in [0, 0.1) is 19.8 Å². The highest BCUT2D eigenvalue weighted by molar-refractivity contribution is 7.89. The molecule has 1 N–H and O–H groups in total. The fraction of sp³-hybridized carbons (Fsp3) is 0.409. The van der Waals surface area contributed by atoms with Crippen LogP contribution >= 0.6 is 0 Å². The molecule has 150 valence electrons. The molecule has 0 spiro atoms. The lowest BCUT2D eigenvalue weighted by Gasteiger charge is -2.32. The standard InChI is InChI=1S/C22H28N2O3S/c1-16-11-12-19(14-17(16)2)18(3)23-22(25)20-8-7-13-24(15-20)28(26,27)21-9-5-4-6-10-21/h4-6,9-12,14,18,20H,7-8,13,15H2,1-3H3,(H,23,25)/t18-,20-/m1/s1. The number of rotatable bonds is 5. The van der Waals surface area contributed by atoms with Gasteiger partial charge >= 0.3 is 0 Å². The number of amides is 1. The molecule has 1 fully saturated rings. The summed E-state index contributed by atoms with van der Waals surface area (Å²) < 4.78 is 27.2. The summed E-state index contributed by atoms with van der Waals surface area (Å²) in [5.41, 5.74) is 3.47. The lowest BCUT2D eigenvalue weighted by atomic mass is 9.97. The first-order valence-electron chi connectivity index (χ1n) is 9.72. The van der Waals surface area contributed by atoms with Gasteiger partial charge in [0.05, 0.1) is 16.9 Å². The Labute approximate surface area is 167 Å². The highest BCUT2D eigenvalue weighted by Gasteiger charge is 2.33. The smallest absolute Gasteiger partial charge is 0.243 e. The summed E-state index contributed by atoms with van der Waals surface area (Å²) >= 11 is 0. The summed E-state index contributed by atoms with van der Waals surface area (Å²) in [7, 11) is -3.57. The molecule has 28 heavy (non-hydrogen) atoms. The van der Waals surface area contributed by atoms with Crippen molar-refractivity contribution in [3.63, 3.8) is 0 Å². The van der Waals surface area contributed by atoms with Crippen molar-refractivity contribution in [2.75, 3.05) is 13.1 Å². The highest BCUT2D eigenvalue weighted by Crippen LogP contribution is 2.25. The summed E-state index contributed by atoms with van der Waals surface area (Å²) in [5.74, 6) is -0.417. The summed E-state index contributed by atoms with van der Waals surface area (Å²) in [6.45, 7) is 6.76. The van der Waals surface area contributed by atoms with Crippen molar-refractivity contribution in [2.45, 2.75) is 44.6 Å². The third-order valence-corrected chi connectivity index (χ3v) is 7.40. The van der Waals surface area contributed by atoms with E-state index in [1.54, 1.807) is 30.3 Å². The molecule has 2 aromatic carbocycles. The van der Waals surface area contributed by atoms with Crippen LogP contribution in [0.1, 0.15) is 42.5 Å². The Hall–Kier alpha value is -2.18. The van der Waals surface area contributed by atoms with E-state index < -0.39 is 10.0 Å². The van der Waals surface area contributed by atoms with Gasteiger partial charge in [-0.05, 0) is 62.4 Å². The molecule has 1 aliphatic rings. The molecule has 5 nitrogen and oxygen atoms in total. The molecule has 6 heteroatoms. The fourth-order valence-corrected chi connectivity index (χ4v) is 5.11. The maximum absolute atomic E-state index is 12.9. The zero-order valence-corrected chi connectivity index (χ0v) is 17.5. The molecular weight excluding hydrogens is 372 g/mol. The van der Waals surface area contributed by atoms with Crippen molar-refractivity contribution in [2.24, 2.45) is 5.92 Å². The average molecular weight is 401 g/mol. The first kappa shape index (κ1) is 20.6. The number of aryl methyl sites for hydroxylation is 2. The molecule has 1 amide bonds. The number of hydrogen-bond donors (Lipinski definition) is 1. The van der Waals surface area contributed by atoms with E-state index in [2.05, 4.69) is 31.3 Å². The number of benzene rings is 2. The van der Waals surface area contributed by atoms with E-state index in [1.165, 1.54) is 15.4 Å². The maximum Gasteiger partial charge on any atom is 0.243 e. The van der Waals surface area contributed by atoms with Gasteiger partial charge in [-0.2, -0.15) is 4.31 Å². The normalized spacial score (nSPS) is 19.2. The van der Waals surface area contributed by atoms with Crippen LogP contribution in [-0.2, 0) is 14.8 Å². The van der Waals surface area contributed by atoms with Crippen molar-refractivity contribution >= 4 is 15.9 Å². The Kier molecular flexibility index (Phi) is 6.20. The second kappa shape index (κ2) is 8.45. The Morgan fingerprint density at radius 2 is 1.82 bits per heavy atom. The summed E-state index contributed by atoms with van der Waals surface area (Å²) in [5, 5.41) is 3.06. The predicted octanol–water partition coefficient (Wildman–Crippen LogP) is 3.58. The van der Waals surface area contributed by atoms with Crippen molar-refractivity contribution in [1.82, 2.24) is 9.62 Å². The minimum absolute atomic E-state index is 0.0845. The third kappa shape index (κ3) is 4.45. The molecule has 0 bridgehead atoms. The Bertz CT molecular complexity index is 942. The van der Waals surface area contributed by atoms with Crippen LogP contribution in [0.15, 0.2) is 53.4 Å². The quantitative estimate of drug-likeness (QED) is 0.834. The van der Waals surface area contributed by atoms with Gasteiger partial charge in [0.1, 0.15) is 0 Å². The van der Waals surface area contributed by atoms with E-state index in [1.807, 2.05) is 13.0 Å². The van der Waals surface area contributed by atoms with Gasteiger partial charge < -0.3 is 5.32 Å². The molecule has 1 aliphatic heterocycles. The SMILES string of the molecule is Cc1ccc([C@@H](C)NC(=O)[C@@H]2CCCN(S(=O)(=O)c3ccccc3)C2)cc1C. The Morgan fingerprint density at radius 1 is 1.11 bits per heavy atom. The number of carbonyl (C=O) groups excluding carboxylic acids is 1. The van der Waals surface area contributed by atoms with Gasteiger partial charge in [-0.15, -0.1) is 0 Å². The van der Waals surface area contributed by atoms with Gasteiger partial charge in [0.2, 0.25) is 15.9 Å². The van der Waals surface area contributed by atoms with Crippen LogP contribution in [0.3, 0.4) is 0 Å². The highest BCUT2D eigenvalue weighted by atomic mass is 32.2. The van der Waals surface area contributed by atoms with Crippen molar-refractivity contribution in [3.8, 4) is 0 Å². The number of piperidine rings is 1. The number of carbonyl (C=O) groups is 1. The number of nitrogens with zero attached hydrogens (tertiary/aromatic N) is 1. The van der Waals surface area contributed by atoms with Gasteiger partial charge in [0.15, 0.2) is 0 Å². The Morgan fingerprint density at radius 3 is 2.50 bits per heavy atom. The number of nitrogens with one attached hydrogen (secondary N) is 1. The minimum atomic E-state index is -3.57. The lowest BCUT2D eigenvalue weighted by molar-refractivity contribution is -0.126. The van der Waals surface area contributed by atoms with Crippen LogP contribution in [0.2, 0.25) is 0 Å². The molecule has 0 aromatic heterocycles. The van der Waals surface area contributed by atoms with Gasteiger partial charge in [0.25, 0.3) is 0 Å². The zero-order chi connectivity index (χ0) is 20.3. The molecule has 1 heterocycles. The first-order valence-corrected chi connectivity index (χ1v) is 11.2. The fourth-order valence-electron chi connectivity index (χ4n) is 3.56. The Balaban J connectivity index is 1.68. The van der Waals surface area contributed by atoms with Crippen LogP contribution in [0.5, 0.6) is 0 Å². The van der Waals surface area contributed by atoms with E-state index in [9.17, 15) is 13.2 Å². The molecule has 0 aliphatic carbocycles. The second-order valence-corrected chi connectivity index (χ2v) is 9.53. The number of hydrogen-bond acceptors (Lipinski definition) is 3. The molecule has 1 saturated heterocycles. The molecule has 2 aromatic rings. The van der Waals surface area contributed by atoms with Crippen molar-refractivity contribution < 1.29 is 13.2 Å². The summed E-state index contributed by atoms with van der Waals surface area (Å²) in [6, 6.07) is 14.5. The van der Waals surface area contributed by atoms with E-state index in [0.29, 0.717) is 19.4 Å². The molecule has 0 radical (unpaired) electrons. The molecule has 3 rings (SSSR count). The maximum atomic E-state index is 12.9. The minimum Gasteiger partial charge on any atom is -0.349 e. The topological polar surface area (TPSA) is 66.5 Å². The van der Waals surface area contributed by atoms with Crippen LogP contribution in [0.4, 0.5) is 0 Å². The van der Waals surface area contributed by atoms with Crippen LogP contribution < -0.4 is 5.32 Å². The molecule has 2 atom stereocenters. The van der Waals surface area contributed by atoms with Crippen LogP contribution in [-0.4, -0.2) is 31.7 Å². The monoisotopic (exact) mass is 400 g/mol. The molecule has 0 saturated carbocycles. The first-order chi connectivity index (χ1) is 13.3. The predicted molar refractivity (Wildman–Crippen MR) is 110 cm³/mol. The van der Waals surface area contributed by atoms with Gasteiger partial charge in [-0.1, -0.05) is 36.4 Å². The largest absolute Gasteiger partial charge is 0.349 e. The zero-order valence-electron chi connectivity index (χ0n) is 16.7. The summed E-state index contributed by atoms with van der Waals surface area (Å²) in [4.78, 5) is 13.1. The lowest BCUT2D eigenvalue weighted by Crippen LogP contribution is -2.45. The van der Waals surface area contributed by atoms with Crippen molar-refractivity contribution in [1.29, 1.82) is 0 Å². The second-order valence-electron chi connectivity index (χ2n) is 7.59. The number of sulfonamides is 1. The summed E-state index contributed by atoms with van der Waals surface area (Å²) in [6.07, 6.45) is 1.38. The van der Waals surface area contributed by atoms with E-state index in [-0.39, 0.29) is 29.3 Å². The molecular formula is C22H28N2O3S.